The fraction of sp³-hybridized carbons (Fsp3) is 0.731. The lowest BCUT2D eigenvalue weighted by atomic mass is 10.00. The summed E-state index contributed by atoms with van der Waals surface area (Å²) in [5.41, 5.74) is 0. The maximum Gasteiger partial charge on any atom is 0.328 e. The van der Waals surface area contributed by atoms with E-state index in [9.17, 15) is 24.0 Å². The lowest BCUT2D eigenvalue weighted by Gasteiger charge is -2.28. The first-order valence-corrected chi connectivity index (χ1v) is 13.1. The third-order valence-corrected chi connectivity index (χ3v) is 6.03. The molecule has 11 heteroatoms. The Balaban J connectivity index is 2.99. The van der Waals surface area contributed by atoms with Gasteiger partial charge in [-0.15, -0.1) is 0 Å². The number of nitrogens with one attached hydrogen (secondary N) is 5. The summed E-state index contributed by atoms with van der Waals surface area (Å²) < 4.78 is 4.75. The lowest BCUT2D eigenvalue weighted by molar-refractivity contribution is -0.144. The van der Waals surface area contributed by atoms with Crippen LogP contribution in [0.15, 0.2) is 12.2 Å². The van der Waals surface area contributed by atoms with Crippen molar-refractivity contribution in [3.8, 4) is 0 Å². The molecular weight excluding hydrogens is 478 g/mol. The van der Waals surface area contributed by atoms with Crippen molar-refractivity contribution < 1.29 is 28.7 Å². The first-order chi connectivity index (χ1) is 17.3. The molecule has 210 valence electrons. The van der Waals surface area contributed by atoms with Gasteiger partial charge in [0, 0.05) is 18.7 Å². The van der Waals surface area contributed by atoms with Gasteiger partial charge in [-0.05, 0) is 43.4 Å². The third kappa shape index (κ3) is 11.7. The van der Waals surface area contributed by atoms with Crippen molar-refractivity contribution in [1.82, 2.24) is 26.6 Å². The molecule has 0 radical (unpaired) electrons. The summed E-state index contributed by atoms with van der Waals surface area (Å²) >= 11 is 0. The molecule has 0 aromatic heterocycles. The second kappa shape index (κ2) is 15.9. The molecule has 37 heavy (non-hydrogen) atoms. The molecule has 0 fully saturated rings. The molecule has 0 aliphatic carbocycles. The minimum atomic E-state index is -0.940. The number of hydrogen-bond acceptors (Lipinski definition) is 6. The van der Waals surface area contributed by atoms with Crippen LogP contribution in [0.4, 0.5) is 4.79 Å². The molecule has 5 amide bonds. The summed E-state index contributed by atoms with van der Waals surface area (Å²) in [5.74, 6) is -1.87. The maximum absolute atomic E-state index is 13.2. The number of carbonyl (C=O) groups excluding carboxylic acids is 5. The molecule has 4 atom stereocenters. The van der Waals surface area contributed by atoms with E-state index < -0.39 is 36.0 Å². The van der Waals surface area contributed by atoms with Crippen LogP contribution in [0.1, 0.15) is 67.2 Å². The smallest absolute Gasteiger partial charge is 0.328 e. The van der Waals surface area contributed by atoms with Gasteiger partial charge in [-0.2, -0.15) is 0 Å². The quantitative estimate of drug-likeness (QED) is 0.288. The number of carbonyl (C=O) groups is 5. The Hall–Kier alpha value is -3.11. The van der Waals surface area contributed by atoms with Gasteiger partial charge in [0.15, 0.2) is 0 Å². The van der Waals surface area contributed by atoms with E-state index in [2.05, 4.69) is 26.6 Å². The van der Waals surface area contributed by atoms with Gasteiger partial charge in [0.25, 0.3) is 0 Å². The largest absolute Gasteiger partial charge is 0.467 e. The van der Waals surface area contributed by atoms with E-state index in [1.807, 2.05) is 13.8 Å². The van der Waals surface area contributed by atoms with Crippen molar-refractivity contribution in [3.05, 3.63) is 12.2 Å². The van der Waals surface area contributed by atoms with Crippen LogP contribution in [0.3, 0.4) is 0 Å². The van der Waals surface area contributed by atoms with E-state index in [4.69, 9.17) is 4.74 Å². The summed E-state index contributed by atoms with van der Waals surface area (Å²) in [6.45, 7) is 11.6. The second-order valence-corrected chi connectivity index (χ2v) is 10.5. The van der Waals surface area contributed by atoms with Gasteiger partial charge < -0.3 is 31.3 Å². The second-order valence-electron chi connectivity index (χ2n) is 10.5. The summed E-state index contributed by atoms with van der Waals surface area (Å²) in [7, 11) is 1.24. The highest BCUT2D eigenvalue weighted by molar-refractivity contribution is 5.93. The van der Waals surface area contributed by atoms with Gasteiger partial charge in [0.2, 0.25) is 17.7 Å². The normalized spacial score (nSPS) is 21.6. The molecule has 0 bridgehead atoms. The predicted molar refractivity (Wildman–Crippen MR) is 140 cm³/mol. The van der Waals surface area contributed by atoms with Crippen molar-refractivity contribution >= 4 is 29.7 Å². The molecule has 0 saturated carbocycles. The van der Waals surface area contributed by atoms with E-state index in [-0.39, 0.29) is 35.6 Å². The van der Waals surface area contributed by atoms with Gasteiger partial charge >= 0.3 is 12.0 Å². The van der Waals surface area contributed by atoms with Crippen molar-refractivity contribution in [3.63, 3.8) is 0 Å². The van der Waals surface area contributed by atoms with E-state index in [1.54, 1.807) is 33.8 Å². The molecule has 1 aliphatic heterocycles. The number of esters is 1. The van der Waals surface area contributed by atoms with E-state index >= 15 is 0 Å². The fourth-order valence-electron chi connectivity index (χ4n) is 3.94. The molecule has 1 heterocycles. The molecule has 5 N–H and O–H groups in total. The van der Waals surface area contributed by atoms with Gasteiger partial charge in [-0.1, -0.05) is 47.6 Å². The highest BCUT2D eigenvalue weighted by Crippen LogP contribution is 2.11. The minimum Gasteiger partial charge on any atom is -0.467 e. The molecule has 0 aromatic carbocycles. The van der Waals surface area contributed by atoms with Crippen LogP contribution in [-0.2, 0) is 23.9 Å². The molecule has 1 aliphatic rings. The van der Waals surface area contributed by atoms with Gasteiger partial charge in [0.1, 0.15) is 18.1 Å². The fourth-order valence-corrected chi connectivity index (χ4v) is 3.94. The zero-order valence-electron chi connectivity index (χ0n) is 23.2. The molecule has 11 nitrogen and oxygen atoms in total. The zero-order valence-corrected chi connectivity index (χ0v) is 23.2. The Morgan fingerprint density at radius 2 is 1.62 bits per heavy atom. The third-order valence-electron chi connectivity index (χ3n) is 6.03. The lowest BCUT2D eigenvalue weighted by Crippen LogP contribution is -2.59. The highest BCUT2D eigenvalue weighted by Gasteiger charge is 2.31. The Labute approximate surface area is 220 Å². The van der Waals surface area contributed by atoms with Gasteiger partial charge in [0.05, 0.1) is 7.11 Å². The Morgan fingerprint density at radius 1 is 1.00 bits per heavy atom. The van der Waals surface area contributed by atoms with Crippen LogP contribution < -0.4 is 26.6 Å². The number of rotatable bonds is 9. The van der Waals surface area contributed by atoms with Crippen LogP contribution in [0.25, 0.3) is 0 Å². The standard InChI is InChI=1S/C26H45N5O6/c1-15(2)14-18-11-12-20(32)27-13-9-8-10-19(23(33)28-18)29-24(34)21(16(3)4)30-26(36)31-22(17(5)6)25(35)37-7/h11-12,15-19,21-22H,8-10,13-14H2,1-7H3,(H,27,32)(H,28,33)(H,29,34)(H2,30,31,36)/b12-11+/t18-,19+,21+,22?/m1/s1. The number of amides is 5. The molecule has 1 unspecified atom stereocenters. The Kier molecular flexibility index (Phi) is 13.7. The topological polar surface area (TPSA) is 155 Å². The summed E-state index contributed by atoms with van der Waals surface area (Å²) in [4.78, 5) is 63.0. The summed E-state index contributed by atoms with van der Waals surface area (Å²) in [6, 6.07) is -3.67. The molecule has 0 aromatic rings. The van der Waals surface area contributed by atoms with Crippen molar-refractivity contribution in [2.45, 2.75) is 91.4 Å². The number of urea groups is 1. The number of ether oxygens (including phenoxy) is 1. The monoisotopic (exact) mass is 523 g/mol. The van der Waals surface area contributed by atoms with Crippen LogP contribution in [-0.4, -0.2) is 67.5 Å². The van der Waals surface area contributed by atoms with Gasteiger partial charge in [-0.3, -0.25) is 14.4 Å². The minimum absolute atomic E-state index is 0.204. The number of hydrogen-bond donors (Lipinski definition) is 5. The van der Waals surface area contributed by atoms with Crippen LogP contribution >= 0.6 is 0 Å². The Morgan fingerprint density at radius 3 is 2.19 bits per heavy atom. The van der Waals surface area contributed by atoms with Crippen molar-refractivity contribution in [2.75, 3.05) is 13.7 Å². The first-order valence-electron chi connectivity index (χ1n) is 13.1. The van der Waals surface area contributed by atoms with Crippen molar-refractivity contribution in [2.24, 2.45) is 17.8 Å². The van der Waals surface area contributed by atoms with E-state index in [0.717, 1.165) is 0 Å². The van der Waals surface area contributed by atoms with Gasteiger partial charge in [-0.25, -0.2) is 9.59 Å². The van der Waals surface area contributed by atoms with Crippen LogP contribution in [0, 0.1) is 17.8 Å². The number of methoxy groups -OCH3 is 1. The summed E-state index contributed by atoms with van der Waals surface area (Å²) in [6.07, 6.45) is 5.35. The predicted octanol–water partition coefficient (Wildman–Crippen LogP) is 1.38. The van der Waals surface area contributed by atoms with E-state index in [1.165, 1.54) is 13.2 Å². The summed E-state index contributed by atoms with van der Waals surface area (Å²) in [5, 5.41) is 13.8. The zero-order chi connectivity index (χ0) is 28.1. The highest BCUT2D eigenvalue weighted by atomic mass is 16.5. The average Bonchev–Trinajstić information content (AvgIpc) is 2.81. The molecule has 1 rings (SSSR count). The van der Waals surface area contributed by atoms with Crippen LogP contribution in [0.2, 0.25) is 0 Å². The Bertz CT molecular complexity index is 826. The molecule has 0 spiro atoms. The SMILES string of the molecule is COC(=O)C(NC(=O)N[C@H](C(=O)N[C@H]1CCCCNC(=O)/C=C/[C@H](CC(C)C)NC1=O)C(C)C)C(C)C. The van der Waals surface area contributed by atoms with Crippen LogP contribution in [0.5, 0.6) is 0 Å². The van der Waals surface area contributed by atoms with E-state index in [0.29, 0.717) is 32.2 Å². The molecular formula is C26H45N5O6. The maximum atomic E-state index is 13.2. The first kappa shape index (κ1) is 31.9. The van der Waals surface area contributed by atoms with Crippen molar-refractivity contribution in [1.29, 1.82) is 0 Å². The average molecular weight is 524 g/mol. The molecule has 0 saturated heterocycles.